The van der Waals surface area contributed by atoms with E-state index in [0.717, 1.165) is 22.4 Å². The summed E-state index contributed by atoms with van der Waals surface area (Å²) in [6.45, 7) is 5.50. The van der Waals surface area contributed by atoms with E-state index in [1.807, 2.05) is 26.0 Å². The minimum atomic E-state index is -0.0928. The van der Waals surface area contributed by atoms with Gasteiger partial charge in [-0.3, -0.25) is 5.10 Å². The highest BCUT2D eigenvalue weighted by atomic mass is 32.2. The van der Waals surface area contributed by atoms with Gasteiger partial charge < -0.3 is 14.6 Å². The van der Waals surface area contributed by atoms with Gasteiger partial charge in [-0.05, 0) is 26.0 Å². The summed E-state index contributed by atoms with van der Waals surface area (Å²) in [6.07, 6.45) is 1.46. The highest BCUT2D eigenvalue weighted by Crippen LogP contribution is 2.10. The molecule has 21 heavy (non-hydrogen) atoms. The summed E-state index contributed by atoms with van der Waals surface area (Å²) in [6, 6.07) is 3.70. The van der Waals surface area contributed by atoms with Crippen LogP contribution in [-0.2, 0) is 6.54 Å². The Bertz CT molecular complexity index is 555. The molecule has 0 aliphatic rings. The molecule has 0 aromatic carbocycles. The van der Waals surface area contributed by atoms with Gasteiger partial charge in [-0.25, -0.2) is 9.78 Å². The predicted octanol–water partition coefficient (Wildman–Crippen LogP) is 2.03. The van der Waals surface area contributed by atoms with Crippen molar-refractivity contribution in [3.05, 3.63) is 30.0 Å². The number of carbonyl (C=O) groups is 1. The van der Waals surface area contributed by atoms with Crippen molar-refractivity contribution in [3.8, 4) is 0 Å². The van der Waals surface area contributed by atoms with Crippen LogP contribution < -0.4 is 5.32 Å². The van der Waals surface area contributed by atoms with E-state index in [1.54, 1.807) is 4.90 Å². The molecule has 0 aliphatic carbocycles. The Labute approximate surface area is 127 Å². The van der Waals surface area contributed by atoms with Crippen molar-refractivity contribution in [2.24, 2.45) is 0 Å². The van der Waals surface area contributed by atoms with Crippen LogP contribution in [0.25, 0.3) is 0 Å². The Morgan fingerprint density at radius 3 is 3.00 bits per heavy atom. The number of furan rings is 1. The molecule has 0 saturated carbocycles. The number of H-pyrrole nitrogens is 1. The van der Waals surface area contributed by atoms with Crippen molar-refractivity contribution in [1.82, 2.24) is 25.4 Å². The van der Waals surface area contributed by atoms with Gasteiger partial charge in [-0.15, -0.1) is 0 Å². The van der Waals surface area contributed by atoms with Gasteiger partial charge in [0.05, 0.1) is 6.54 Å². The third-order valence-electron chi connectivity index (χ3n) is 2.82. The van der Waals surface area contributed by atoms with Gasteiger partial charge in [0.1, 0.15) is 17.8 Å². The number of urea groups is 1. The van der Waals surface area contributed by atoms with E-state index < -0.39 is 0 Å². The van der Waals surface area contributed by atoms with Crippen LogP contribution in [0.3, 0.4) is 0 Å². The highest BCUT2D eigenvalue weighted by Gasteiger charge is 2.13. The maximum absolute atomic E-state index is 12.1. The maximum Gasteiger partial charge on any atom is 0.317 e. The molecule has 0 spiro atoms. The minimum Gasteiger partial charge on any atom is -0.464 e. The lowest BCUT2D eigenvalue weighted by Crippen LogP contribution is -2.40. The molecule has 0 atom stereocenters. The zero-order chi connectivity index (χ0) is 15.1. The van der Waals surface area contributed by atoms with Crippen LogP contribution in [0.15, 0.2) is 28.0 Å². The van der Waals surface area contributed by atoms with Gasteiger partial charge in [-0.2, -0.15) is 5.10 Å². The van der Waals surface area contributed by atoms with Crippen LogP contribution in [0.4, 0.5) is 4.79 Å². The SMILES string of the molecule is CCN(Cc1ccc(C)o1)C(=O)NCCSc1ncn[nH]1. The van der Waals surface area contributed by atoms with Crippen molar-refractivity contribution < 1.29 is 9.21 Å². The second kappa shape index (κ2) is 7.72. The molecule has 0 aliphatic heterocycles. The second-order valence-corrected chi connectivity index (χ2v) is 5.48. The molecule has 2 aromatic rings. The summed E-state index contributed by atoms with van der Waals surface area (Å²) >= 11 is 1.51. The Balaban J connectivity index is 1.72. The number of nitrogens with zero attached hydrogens (tertiary/aromatic N) is 3. The molecule has 2 amide bonds. The number of aromatic amines is 1. The molecule has 0 unspecified atom stereocenters. The first-order valence-electron chi connectivity index (χ1n) is 6.75. The number of aryl methyl sites for hydroxylation is 1. The molecule has 114 valence electrons. The Morgan fingerprint density at radius 2 is 2.38 bits per heavy atom. The van der Waals surface area contributed by atoms with E-state index in [9.17, 15) is 4.79 Å². The molecule has 2 rings (SSSR count). The third kappa shape index (κ3) is 4.82. The Hall–Kier alpha value is -1.96. The smallest absolute Gasteiger partial charge is 0.317 e. The fourth-order valence-electron chi connectivity index (χ4n) is 1.77. The minimum absolute atomic E-state index is 0.0928. The number of hydrogen-bond acceptors (Lipinski definition) is 5. The van der Waals surface area contributed by atoms with Crippen molar-refractivity contribution in [3.63, 3.8) is 0 Å². The number of rotatable bonds is 7. The molecule has 2 heterocycles. The quantitative estimate of drug-likeness (QED) is 0.603. The highest BCUT2D eigenvalue weighted by molar-refractivity contribution is 7.99. The van der Waals surface area contributed by atoms with Crippen molar-refractivity contribution in [1.29, 1.82) is 0 Å². The summed E-state index contributed by atoms with van der Waals surface area (Å²) < 4.78 is 5.50. The summed E-state index contributed by atoms with van der Waals surface area (Å²) in [4.78, 5) is 17.8. The van der Waals surface area contributed by atoms with E-state index in [0.29, 0.717) is 19.6 Å². The van der Waals surface area contributed by atoms with Crippen LogP contribution in [-0.4, -0.2) is 45.0 Å². The van der Waals surface area contributed by atoms with Crippen LogP contribution >= 0.6 is 11.8 Å². The molecule has 7 nitrogen and oxygen atoms in total. The number of hydrogen-bond donors (Lipinski definition) is 2. The summed E-state index contributed by atoms with van der Waals surface area (Å²) in [5.74, 6) is 2.38. The van der Waals surface area contributed by atoms with E-state index >= 15 is 0 Å². The fraction of sp³-hybridized carbons (Fsp3) is 0.462. The lowest BCUT2D eigenvalue weighted by molar-refractivity contribution is 0.194. The average molecular weight is 309 g/mol. The molecule has 0 bridgehead atoms. The number of amides is 2. The zero-order valence-corrected chi connectivity index (χ0v) is 12.9. The number of nitrogens with one attached hydrogen (secondary N) is 2. The van der Waals surface area contributed by atoms with E-state index in [2.05, 4.69) is 20.5 Å². The van der Waals surface area contributed by atoms with E-state index in [4.69, 9.17) is 4.42 Å². The largest absolute Gasteiger partial charge is 0.464 e. The van der Waals surface area contributed by atoms with Gasteiger partial charge >= 0.3 is 6.03 Å². The molecule has 0 saturated heterocycles. The van der Waals surface area contributed by atoms with Crippen LogP contribution in [0.2, 0.25) is 0 Å². The van der Waals surface area contributed by atoms with Crippen LogP contribution in [0, 0.1) is 6.92 Å². The monoisotopic (exact) mass is 309 g/mol. The van der Waals surface area contributed by atoms with Crippen LogP contribution in [0.5, 0.6) is 0 Å². The summed E-state index contributed by atoms with van der Waals surface area (Å²) in [5.41, 5.74) is 0. The van der Waals surface area contributed by atoms with E-state index in [1.165, 1.54) is 18.1 Å². The lowest BCUT2D eigenvalue weighted by Gasteiger charge is -2.20. The van der Waals surface area contributed by atoms with Gasteiger partial charge in [-0.1, -0.05) is 11.8 Å². The van der Waals surface area contributed by atoms with Gasteiger partial charge in [0, 0.05) is 18.8 Å². The lowest BCUT2D eigenvalue weighted by atomic mass is 10.4. The van der Waals surface area contributed by atoms with Crippen LogP contribution in [0.1, 0.15) is 18.4 Å². The molecule has 2 N–H and O–H groups in total. The molecule has 0 fully saturated rings. The van der Waals surface area contributed by atoms with Gasteiger partial charge in [0.25, 0.3) is 0 Å². The van der Waals surface area contributed by atoms with Crippen molar-refractivity contribution >= 4 is 17.8 Å². The first kappa shape index (κ1) is 15.4. The fourth-order valence-corrected chi connectivity index (χ4v) is 2.40. The predicted molar refractivity (Wildman–Crippen MR) is 80.0 cm³/mol. The number of thioether (sulfide) groups is 1. The molecule has 2 aromatic heterocycles. The summed E-state index contributed by atoms with van der Waals surface area (Å²) in [7, 11) is 0. The summed E-state index contributed by atoms with van der Waals surface area (Å²) in [5, 5.41) is 10.2. The second-order valence-electron chi connectivity index (χ2n) is 4.40. The van der Waals surface area contributed by atoms with Crippen molar-refractivity contribution in [2.75, 3.05) is 18.8 Å². The molecular formula is C13H19N5O2S. The first-order chi connectivity index (χ1) is 10.2. The Morgan fingerprint density at radius 1 is 1.52 bits per heavy atom. The molecule has 0 radical (unpaired) electrons. The average Bonchev–Trinajstić information content (AvgIpc) is 3.12. The zero-order valence-electron chi connectivity index (χ0n) is 12.1. The molecule has 8 heteroatoms. The number of carbonyl (C=O) groups excluding carboxylic acids is 1. The normalized spacial score (nSPS) is 10.6. The Kier molecular flexibility index (Phi) is 5.68. The number of aromatic nitrogens is 3. The van der Waals surface area contributed by atoms with Gasteiger partial charge in [0.15, 0.2) is 5.16 Å². The van der Waals surface area contributed by atoms with Crippen molar-refractivity contribution in [2.45, 2.75) is 25.5 Å². The van der Waals surface area contributed by atoms with Gasteiger partial charge in [0.2, 0.25) is 0 Å². The first-order valence-corrected chi connectivity index (χ1v) is 7.74. The standard InChI is InChI=1S/C13H19N5O2S/c1-3-18(8-11-5-4-10(2)20-11)13(19)14-6-7-21-12-15-9-16-17-12/h4-5,9H,3,6-8H2,1-2H3,(H,14,19)(H,15,16,17). The molecular weight excluding hydrogens is 290 g/mol. The maximum atomic E-state index is 12.1. The van der Waals surface area contributed by atoms with E-state index in [-0.39, 0.29) is 6.03 Å². The third-order valence-corrected chi connectivity index (χ3v) is 3.70. The topological polar surface area (TPSA) is 87.1 Å².